The first kappa shape index (κ1) is 18.4. The van der Waals surface area contributed by atoms with E-state index in [4.69, 9.17) is 9.79 Å². The Labute approximate surface area is 154 Å². The lowest BCUT2D eigenvalue weighted by atomic mass is 10.2. The predicted molar refractivity (Wildman–Crippen MR) is 87.0 cm³/mol. The van der Waals surface area contributed by atoms with Crippen LogP contribution in [0.4, 0.5) is 13.2 Å². The van der Waals surface area contributed by atoms with Gasteiger partial charge in [-0.2, -0.15) is 13.2 Å². The van der Waals surface area contributed by atoms with Crippen LogP contribution in [-0.4, -0.2) is 48.9 Å². The molecule has 4 heterocycles. The minimum absolute atomic E-state index is 0.0229. The van der Waals surface area contributed by atoms with Crippen LogP contribution in [0.15, 0.2) is 31.0 Å². The molecular formula is C13H10F3N8O3P. The largest absolute Gasteiger partial charge is 0.453 e. The van der Waals surface area contributed by atoms with Gasteiger partial charge in [0.1, 0.15) is 11.4 Å². The van der Waals surface area contributed by atoms with Crippen LogP contribution >= 0.6 is 8.60 Å². The van der Waals surface area contributed by atoms with Crippen LogP contribution in [0.25, 0.3) is 28.7 Å². The Hall–Kier alpha value is -2.93. The SMILES string of the molecule is OP(O)OCn1nc(C(F)(F)F)nc1-c1nc2ncccn2c1-c1cnc[nH]1. The van der Waals surface area contributed by atoms with E-state index in [2.05, 4.69) is 34.5 Å². The van der Waals surface area contributed by atoms with Gasteiger partial charge in [0.15, 0.2) is 12.6 Å². The molecule has 11 nitrogen and oxygen atoms in total. The Morgan fingerprint density at radius 2 is 2.07 bits per heavy atom. The highest BCUT2D eigenvalue weighted by atomic mass is 31.2. The topological polar surface area (TPSA) is 139 Å². The highest BCUT2D eigenvalue weighted by Gasteiger charge is 2.38. The Bertz CT molecular complexity index is 1110. The van der Waals surface area contributed by atoms with Crippen LogP contribution in [-0.2, 0) is 17.4 Å². The van der Waals surface area contributed by atoms with E-state index < -0.39 is 27.3 Å². The van der Waals surface area contributed by atoms with Gasteiger partial charge in [0, 0.05) is 12.4 Å². The second-order valence-corrected chi connectivity index (χ2v) is 6.09. The highest BCUT2D eigenvalue weighted by molar-refractivity contribution is 7.39. The van der Waals surface area contributed by atoms with E-state index >= 15 is 0 Å². The summed E-state index contributed by atoms with van der Waals surface area (Å²) in [7, 11) is -2.81. The lowest BCUT2D eigenvalue weighted by molar-refractivity contribution is -0.145. The van der Waals surface area contributed by atoms with Gasteiger partial charge in [-0.3, -0.25) is 8.92 Å². The van der Waals surface area contributed by atoms with E-state index in [0.29, 0.717) is 11.4 Å². The van der Waals surface area contributed by atoms with E-state index in [-0.39, 0.29) is 17.3 Å². The summed E-state index contributed by atoms with van der Waals surface area (Å²) in [6.45, 7) is -0.680. The van der Waals surface area contributed by atoms with Crippen LogP contribution in [0.3, 0.4) is 0 Å². The zero-order chi connectivity index (χ0) is 19.9. The maximum Gasteiger partial charge on any atom is 0.453 e. The molecule has 0 bridgehead atoms. The number of nitrogens with one attached hydrogen (secondary N) is 1. The van der Waals surface area contributed by atoms with Gasteiger partial charge in [-0.05, 0) is 6.07 Å². The number of nitrogens with zero attached hydrogens (tertiary/aromatic N) is 7. The van der Waals surface area contributed by atoms with Crippen molar-refractivity contribution in [2.45, 2.75) is 12.9 Å². The molecule has 0 aliphatic carbocycles. The fourth-order valence-corrected chi connectivity index (χ4v) is 2.73. The molecule has 0 fully saturated rings. The third-order valence-electron chi connectivity index (χ3n) is 3.59. The molecule has 15 heteroatoms. The average molecular weight is 414 g/mol. The molecule has 0 aromatic carbocycles. The highest BCUT2D eigenvalue weighted by Crippen LogP contribution is 2.34. The van der Waals surface area contributed by atoms with Gasteiger partial charge in [0.05, 0.1) is 18.2 Å². The Morgan fingerprint density at radius 1 is 1.25 bits per heavy atom. The molecular weight excluding hydrogens is 404 g/mol. The number of aromatic amines is 1. The normalized spacial score (nSPS) is 12.4. The lowest BCUT2D eigenvalue weighted by Gasteiger charge is -2.07. The maximum absolute atomic E-state index is 13.1. The summed E-state index contributed by atoms with van der Waals surface area (Å²) >= 11 is 0. The van der Waals surface area contributed by atoms with Gasteiger partial charge in [-0.1, -0.05) is 0 Å². The van der Waals surface area contributed by atoms with E-state index in [1.807, 2.05) is 0 Å². The zero-order valence-electron chi connectivity index (χ0n) is 13.6. The molecule has 0 atom stereocenters. The number of hydrogen-bond donors (Lipinski definition) is 3. The molecule has 0 saturated carbocycles. The van der Waals surface area contributed by atoms with Gasteiger partial charge in [-0.15, -0.1) is 5.10 Å². The fourth-order valence-electron chi connectivity index (χ4n) is 2.52. The van der Waals surface area contributed by atoms with Crippen LogP contribution in [0.1, 0.15) is 5.82 Å². The molecule has 0 saturated heterocycles. The van der Waals surface area contributed by atoms with Crippen molar-refractivity contribution in [1.82, 2.24) is 39.1 Å². The smallest absolute Gasteiger partial charge is 0.343 e. The molecule has 0 amide bonds. The molecule has 0 aliphatic heterocycles. The van der Waals surface area contributed by atoms with E-state index in [1.165, 1.54) is 18.7 Å². The quantitative estimate of drug-likeness (QED) is 0.419. The molecule has 3 N–H and O–H groups in total. The van der Waals surface area contributed by atoms with Crippen molar-refractivity contribution < 1.29 is 27.5 Å². The second kappa shape index (κ2) is 6.91. The van der Waals surface area contributed by atoms with Crippen LogP contribution in [0.5, 0.6) is 0 Å². The first-order valence-electron chi connectivity index (χ1n) is 7.49. The lowest BCUT2D eigenvalue weighted by Crippen LogP contribution is -2.09. The van der Waals surface area contributed by atoms with E-state index in [1.54, 1.807) is 16.7 Å². The summed E-state index contributed by atoms with van der Waals surface area (Å²) in [5.74, 6) is -1.51. The Morgan fingerprint density at radius 3 is 2.75 bits per heavy atom. The van der Waals surface area contributed by atoms with Gasteiger partial charge < -0.3 is 14.8 Å². The molecule has 0 aliphatic rings. The zero-order valence-corrected chi connectivity index (χ0v) is 14.5. The summed E-state index contributed by atoms with van der Waals surface area (Å²) in [6.07, 6.45) is 1.13. The molecule has 146 valence electrons. The molecule has 4 aromatic rings. The maximum atomic E-state index is 13.1. The van der Waals surface area contributed by atoms with Crippen LogP contribution in [0, 0.1) is 0 Å². The molecule has 0 unspecified atom stereocenters. The molecule has 28 heavy (non-hydrogen) atoms. The second-order valence-electron chi connectivity index (χ2n) is 5.33. The standard InChI is InChI=1S/C13H10F3N8O3P/c14-13(15,16)11-21-10(24(22-11)6-27-28(25)26)8-9(7-4-17-5-19-7)23-3-1-2-18-12(23)20-8/h1-5,25-26H,6H2,(H,17,19). The number of alkyl halides is 3. The third-order valence-corrected chi connectivity index (χ3v) is 3.94. The summed E-state index contributed by atoms with van der Waals surface area (Å²) < 4.78 is 46.3. The third kappa shape index (κ3) is 3.33. The summed E-state index contributed by atoms with van der Waals surface area (Å²) in [4.78, 5) is 36.5. The van der Waals surface area contributed by atoms with Crippen molar-refractivity contribution in [3.63, 3.8) is 0 Å². The van der Waals surface area contributed by atoms with Gasteiger partial charge >= 0.3 is 14.8 Å². The Balaban J connectivity index is 1.94. The van der Waals surface area contributed by atoms with Crippen molar-refractivity contribution in [1.29, 1.82) is 0 Å². The van der Waals surface area contributed by atoms with Crippen LogP contribution in [0.2, 0.25) is 0 Å². The summed E-state index contributed by atoms with van der Waals surface area (Å²) in [5, 5.41) is 3.37. The number of fused-ring (bicyclic) bond motifs is 1. The van der Waals surface area contributed by atoms with E-state index in [9.17, 15) is 13.2 Å². The minimum atomic E-state index is -4.82. The minimum Gasteiger partial charge on any atom is -0.343 e. The van der Waals surface area contributed by atoms with Crippen molar-refractivity contribution >= 4 is 14.4 Å². The number of imidazole rings is 2. The molecule has 4 rings (SSSR count). The first-order valence-corrected chi connectivity index (χ1v) is 8.66. The van der Waals surface area contributed by atoms with Crippen molar-refractivity contribution in [2.75, 3.05) is 0 Å². The van der Waals surface area contributed by atoms with Gasteiger partial charge in [0.25, 0.3) is 5.82 Å². The Kier molecular flexibility index (Phi) is 4.55. The van der Waals surface area contributed by atoms with Crippen molar-refractivity contribution in [3.05, 3.63) is 36.8 Å². The monoisotopic (exact) mass is 414 g/mol. The fraction of sp³-hybridized carbons (Fsp3) is 0.154. The number of H-pyrrole nitrogens is 1. The first-order chi connectivity index (χ1) is 13.3. The summed E-state index contributed by atoms with van der Waals surface area (Å²) in [5.41, 5.74) is 0.819. The van der Waals surface area contributed by atoms with Crippen molar-refractivity contribution in [3.8, 4) is 22.9 Å². The number of rotatable bonds is 5. The summed E-state index contributed by atoms with van der Waals surface area (Å²) in [6, 6.07) is 1.62. The van der Waals surface area contributed by atoms with Crippen LogP contribution < -0.4 is 0 Å². The van der Waals surface area contributed by atoms with E-state index in [0.717, 1.165) is 4.68 Å². The van der Waals surface area contributed by atoms with Gasteiger partial charge in [0.2, 0.25) is 5.78 Å². The molecule has 0 radical (unpaired) electrons. The predicted octanol–water partition coefficient (Wildman–Crippen LogP) is 1.58. The van der Waals surface area contributed by atoms with Crippen molar-refractivity contribution in [2.24, 2.45) is 0 Å². The number of hydrogen-bond acceptors (Lipinski definition) is 8. The van der Waals surface area contributed by atoms with Gasteiger partial charge in [-0.25, -0.2) is 24.6 Å². The molecule has 4 aromatic heterocycles. The molecule has 0 spiro atoms. The average Bonchev–Trinajstić information content (AvgIpc) is 3.35. The number of aromatic nitrogens is 8. The number of halogens is 3.